The third-order valence-electron chi connectivity index (χ3n) is 2.98. The molecule has 1 radical (unpaired) electrons. The molecule has 17 heavy (non-hydrogen) atoms. The van der Waals surface area contributed by atoms with Crippen molar-refractivity contribution in [2.75, 3.05) is 6.54 Å². The van der Waals surface area contributed by atoms with E-state index in [9.17, 15) is 0 Å². The van der Waals surface area contributed by atoms with Crippen LogP contribution in [0.25, 0.3) is 0 Å². The standard InChI is InChI=1S/C13H17N3.Ir/c1-4-15-9-10-16(11-15)13(2,3)12-5-7-14-8-6-12;/h5,7-11H,4H2,1-3H3;/q-2;. The van der Waals surface area contributed by atoms with Gasteiger partial charge in [-0.05, 0) is 38.3 Å². The largest absolute Gasteiger partial charge is 0.508 e. The monoisotopic (exact) mass is 408 g/mol. The fourth-order valence-electron chi connectivity index (χ4n) is 1.75. The minimum Gasteiger partial charge on any atom is -0.508 e. The predicted molar refractivity (Wildman–Crippen MR) is 63.8 cm³/mol. The van der Waals surface area contributed by atoms with Crippen molar-refractivity contribution in [3.8, 4) is 0 Å². The molecule has 2 rings (SSSR count). The zero-order valence-electron chi connectivity index (χ0n) is 10.3. The fourth-order valence-corrected chi connectivity index (χ4v) is 1.75. The van der Waals surface area contributed by atoms with Gasteiger partial charge in [0.05, 0.1) is 0 Å². The molecular formula is C13H17IrN3-2. The molecule has 0 spiro atoms. The minimum atomic E-state index is -0.0939. The maximum absolute atomic E-state index is 4.00. The number of pyridine rings is 1. The van der Waals surface area contributed by atoms with Gasteiger partial charge in [-0.3, -0.25) is 0 Å². The number of hydrogen-bond donors (Lipinski definition) is 0. The van der Waals surface area contributed by atoms with E-state index in [1.54, 1.807) is 6.20 Å². The summed E-state index contributed by atoms with van der Waals surface area (Å²) in [5, 5.41) is 0. The van der Waals surface area contributed by atoms with Crippen molar-refractivity contribution in [3.05, 3.63) is 49.2 Å². The Kier molecular flexibility index (Phi) is 4.72. The summed E-state index contributed by atoms with van der Waals surface area (Å²) in [6.45, 7) is 9.60. The first kappa shape index (κ1) is 14.2. The Hall–Kier alpha value is -0.861. The van der Waals surface area contributed by atoms with Crippen LogP contribution in [0.3, 0.4) is 0 Å². The Morgan fingerprint density at radius 2 is 2.18 bits per heavy atom. The van der Waals surface area contributed by atoms with E-state index in [2.05, 4.69) is 60.7 Å². The minimum absolute atomic E-state index is 0. The van der Waals surface area contributed by atoms with Crippen LogP contribution in [0.5, 0.6) is 0 Å². The Morgan fingerprint density at radius 3 is 2.71 bits per heavy atom. The van der Waals surface area contributed by atoms with Gasteiger partial charge in [-0.2, -0.15) is 18.3 Å². The molecule has 0 bridgehead atoms. The molecule has 0 saturated carbocycles. The van der Waals surface area contributed by atoms with Gasteiger partial charge in [0.2, 0.25) is 0 Å². The SMILES string of the molecule is CCN1C=CN(C(C)(C)c2[c-]cncc2)[CH-]1.[Ir]. The first-order valence-electron chi connectivity index (χ1n) is 5.54. The molecule has 0 atom stereocenters. The average molecular weight is 408 g/mol. The maximum atomic E-state index is 4.00. The van der Waals surface area contributed by atoms with Gasteiger partial charge in [0.25, 0.3) is 0 Å². The second-order valence-corrected chi connectivity index (χ2v) is 4.36. The van der Waals surface area contributed by atoms with Crippen molar-refractivity contribution >= 4 is 0 Å². The van der Waals surface area contributed by atoms with Crippen LogP contribution in [0, 0.1) is 12.7 Å². The molecule has 95 valence electrons. The molecule has 4 heteroatoms. The number of rotatable bonds is 3. The van der Waals surface area contributed by atoms with E-state index in [1.807, 2.05) is 12.3 Å². The predicted octanol–water partition coefficient (Wildman–Crippen LogP) is 2.34. The van der Waals surface area contributed by atoms with Crippen LogP contribution in [-0.4, -0.2) is 21.3 Å². The third kappa shape index (κ3) is 2.88. The molecule has 0 saturated heterocycles. The molecule has 1 aliphatic rings. The van der Waals surface area contributed by atoms with Gasteiger partial charge >= 0.3 is 0 Å². The normalized spacial score (nSPS) is 15.0. The van der Waals surface area contributed by atoms with Gasteiger partial charge in [-0.15, -0.1) is 0 Å². The molecule has 0 aromatic carbocycles. The Morgan fingerprint density at radius 1 is 1.41 bits per heavy atom. The summed E-state index contributed by atoms with van der Waals surface area (Å²) in [5.41, 5.74) is 1.05. The van der Waals surface area contributed by atoms with Crippen LogP contribution in [0.4, 0.5) is 0 Å². The van der Waals surface area contributed by atoms with Crippen LogP contribution in [0.2, 0.25) is 0 Å². The molecular weight excluding hydrogens is 390 g/mol. The fraction of sp³-hybridized carbons (Fsp3) is 0.385. The second-order valence-electron chi connectivity index (χ2n) is 4.36. The Bertz CT molecular complexity index is 376. The number of hydrogen-bond acceptors (Lipinski definition) is 3. The van der Waals surface area contributed by atoms with Crippen LogP contribution < -0.4 is 0 Å². The van der Waals surface area contributed by atoms with E-state index in [4.69, 9.17) is 0 Å². The molecule has 0 amide bonds. The zero-order valence-corrected chi connectivity index (χ0v) is 12.7. The summed E-state index contributed by atoms with van der Waals surface area (Å²) in [5.74, 6) is 0. The average Bonchev–Trinajstić information content (AvgIpc) is 2.79. The van der Waals surface area contributed by atoms with Crippen molar-refractivity contribution in [1.29, 1.82) is 0 Å². The van der Waals surface area contributed by atoms with Crippen molar-refractivity contribution in [2.45, 2.75) is 26.3 Å². The molecule has 3 nitrogen and oxygen atoms in total. The number of aromatic nitrogens is 1. The first-order chi connectivity index (χ1) is 7.64. The smallest absolute Gasteiger partial charge is 0 e. The van der Waals surface area contributed by atoms with E-state index >= 15 is 0 Å². The summed E-state index contributed by atoms with van der Waals surface area (Å²) in [4.78, 5) is 8.36. The third-order valence-corrected chi connectivity index (χ3v) is 2.98. The molecule has 1 aliphatic heterocycles. The van der Waals surface area contributed by atoms with Crippen molar-refractivity contribution < 1.29 is 20.1 Å². The Balaban J connectivity index is 0.00000144. The molecule has 0 unspecified atom stereocenters. The second kappa shape index (κ2) is 5.65. The molecule has 1 aromatic heterocycles. The molecule has 0 N–H and O–H groups in total. The van der Waals surface area contributed by atoms with Crippen molar-refractivity contribution in [2.24, 2.45) is 0 Å². The van der Waals surface area contributed by atoms with Gasteiger partial charge in [0, 0.05) is 20.1 Å². The van der Waals surface area contributed by atoms with Crippen LogP contribution >= 0.6 is 0 Å². The van der Waals surface area contributed by atoms with Crippen LogP contribution in [-0.2, 0) is 25.6 Å². The summed E-state index contributed by atoms with van der Waals surface area (Å²) < 4.78 is 0. The Labute approximate surface area is 117 Å². The van der Waals surface area contributed by atoms with E-state index in [-0.39, 0.29) is 25.6 Å². The molecule has 0 fully saturated rings. The zero-order chi connectivity index (χ0) is 11.6. The van der Waals surface area contributed by atoms with Crippen molar-refractivity contribution in [3.63, 3.8) is 0 Å². The van der Waals surface area contributed by atoms with Crippen molar-refractivity contribution in [1.82, 2.24) is 14.8 Å². The summed E-state index contributed by atoms with van der Waals surface area (Å²) >= 11 is 0. The van der Waals surface area contributed by atoms with Crippen LogP contribution in [0.1, 0.15) is 26.3 Å². The van der Waals surface area contributed by atoms with Gasteiger partial charge in [0.15, 0.2) is 0 Å². The van der Waals surface area contributed by atoms with E-state index in [1.165, 1.54) is 0 Å². The molecule has 0 aliphatic carbocycles. The van der Waals surface area contributed by atoms with E-state index < -0.39 is 0 Å². The van der Waals surface area contributed by atoms with Gasteiger partial charge in [0.1, 0.15) is 0 Å². The topological polar surface area (TPSA) is 19.4 Å². The van der Waals surface area contributed by atoms with Crippen LogP contribution in [0.15, 0.2) is 30.9 Å². The molecule has 2 heterocycles. The quantitative estimate of drug-likeness (QED) is 0.717. The summed E-state index contributed by atoms with van der Waals surface area (Å²) in [6, 6.07) is 5.20. The number of nitrogens with zero attached hydrogens (tertiary/aromatic N) is 3. The van der Waals surface area contributed by atoms with E-state index in [0.717, 1.165) is 12.1 Å². The first-order valence-corrected chi connectivity index (χ1v) is 5.54. The van der Waals surface area contributed by atoms with Gasteiger partial charge < -0.3 is 14.8 Å². The summed E-state index contributed by atoms with van der Waals surface area (Å²) in [7, 11) is 0. The summed E-state index contributed by atoms with van der Waals surface area (Å²) in [6.07, 6.45) is 7.71. The van der Waals surface area contributed by atoms with Gasteiger partial charge in [-0.25, -0.2) is 6.07 Å². The van der Waals surface area contributed by atoms with Gasteiger partial charge in [-0.1, -0.05) is 19.3 Å². The maximum Gasteiger partial charge on any atom is 0 e. The molecule has 1 aromatic rings. The van der Waals surface area contributed by atoms with E-state index in [0.29, 0.717) is 0 Å².